The number of hydrogen-bond acceptors (Lipinski definition) is 2. The number of anilines is 1. The number of fused-ring (bicyclic) bond motifs is 1. The molecule has 0 radical (unpaired) electrons. The molecule has 5 heteroatoms. The Morgan fingerprint density at radius 3 is 2.73 bits per heavy atom. The lowest BCUT2D eigenvalue weighted by atomic mass is 10.0. The molecule has 1 aromatic rings. The minimum absolute atomic E-state index is 0.296. The van der Waals surface area contributed by atoms with Gasteiger partial charge >= 0.3 is 5.97 Å². The molecule has 22 heavy (non-hydrogen) atoms. The van der Waals surface area contributed by atoms with E-state index in [1.54, 1.807) is 19.9 Å². The minimum atomic E-state index is -0.967. The average molecular weight is 299 g/mol. The summed E-state index contributed by atoms with van der Waals surface area (Å²) >= 11 is 0. The zero-order valence-corrected chi connectivity index (χ0v) is 12.2. The number of carboxylic acid groups (broad SMARTS) is 1. The van der Waals surface area contributed by atoms with Crippen molar-refractivity contribution in [2.75, 3.05) is 5.32 Å². The van der Waals surface area contributed by atoms with Gasteiger partial charge in [-0.2, -0.15) is 0 Å². The highest BCUT2D eigenvalue weighted by molar-refractivity contribution is 6.31. The summed E-state index contributed by atoms with van der Waals surface area (Å²) in [5.74, 6) is -1.69. The van der Waals surface area contributed by atoms with Crippen LogP contribution in [0.4, 0.5) is 10.1 Å². The van der Waals surface area contributed by atoms with Gasteiger partial charge in [0.15, 0.2) is 0 Å². The van der Waals surface area contributed by atoms with Crippen LogP contribution in [0, 0.1) is 5.82 Å². The fourth-order valence-electron chi connectivity index (χ4n) is 2.97. The number of carbonyl (C=O) groups excluding carboxylic acids is 1. The van der Waals surface area contributed by atoms with Crippen molar-refractivity contribution in [3.63, 3.8) is 0 Å². The van der Waals surface area contributed by atoms with Crippen LogP contribution in [0.25, 0.3) is 5.57 Å². The zero-order valence-electron chi connectivity index (χ0n) is 12.2. The van der Waals surface area contributed by atoms with Crippen molar-refractivity contribution in [2.24, 2.45) is 0 Å². The molecule has 1 aliphatic carbocycles. The summed E-state index contributed by atoms with van der Waals surface area (Å²) in [5.41, 5.74) is 3.92. The Morgan fingerprint density at radius 2 is 2.09 bits per heavy atom. The van der Waals surface area contributed by atoms with Crippen molar-refractivity contribution in [1.82, 2.24) is 0 Å². The van der Waals surface area contributed by atoms with Crippen molar-refractivity contribution >= 4 is 23.1 Å². The van der Waals surface area contributed by atoms with Crippen molar-refractivity contribution in [2.45, 2.75) is 20.3 Å². The Bertz CT molecular complexity index is 815. The number of amides is 1. The van der Waals surface area contributed by atoms with Crippen LogP contribution in [-0.4, -0.2) is 17.0 Å². The maximum absolute atomic E-state index is 13.4. The number of carboxylic acids is 1. The van der Waals surface area contributed by atoms with Gasteiger partial charge in [0.25, 0.3) is 5.91 Å². The summed E-state index contributed by atoms with van der Waals surface area (Å²) in [6.07, 6.45) is 2.14. The van der Waals surface area contributed by atoms with Gasteiger partial charge in [-0.1, -0.05) is 5.57 Å². The van der Waals surface area contributed by atoms with Crippen LogP contribution in [0.15, 0.2) is 46.6 Å². The van der Waals surface area contributed by atoms with Gasteiger partial charge in [0, 0.05) is 16.8 Å². The molecule has 1 aromatic carbocycles. The Labute approximate surface area is 126 Å². The third-order valence-corrected chi connectivity index (χ3v) is 4.04. The number of rotatable bonds is 2. The molecule has 0 saturated carbocycles. The Kier molecular flexibility index (Phi) is 3.20. The second kappa shape index (κ2) is 4.94. The first-order valence-electron chi connectivity index (χ1n) is 6.84. The van der Waals surface area contributed by atoms with Gasteiger partial charge in [-0.3, -0.25) is 4.79 Å². The first-order chi connectivity index (χ1) is 10.4. The highest BCUT2D eigenvalue weighted by Crippen LogP contribution is 2.38. The van der Waals surface area contributed by atoms with E-state index in [-0.39, 0.29) is 5.91 Å². The number of benzene rings is 1. The van der Waals surface area contributed by atoms with Crippen LogP contribution in [0.5, 0.6) is 0 Å². The highest BCUT2D eigenvalue weighted by Gasteiger charge is 2.28. The van der Waals surface area contributed by atoms with E-state index in [0.717, 1.165) is 11.1 Å². The van der Waals surface area contributed by atoms with Gasteiger partial charge in [-0.25, -0.2) is 9.18 Å². The summed E-state index contributed by atoms with van der Waals surface area (Å²) < 4.78 is 13.4. The smallest absolute Gasteiger partial charge is 0.335 e. The van der Waals surface area contributed by atoms with Gasteiger partial charge in [-0.05, 0) is 55.7 Å². The maximum atomic E-state index is 13.4. The molecule has 0 unspecified atom stereocenters. The summed E-state index contributed by atoms with van der Waals surface area (Å²) in [4.78, 5) is 23.4. The third kappa shape index (κ3) is 2.15. The lowest BCUT2D eigenvalue weighted by Gasteiger charge is -2.02. The van der Waals surface area contributed by atoms with Crippen molar-refractivity contribution in [3.05, 3.63) is 57.9 Å². The highest BCUT2D eigenvalue weighted by atomic mass is 19.1. The molecule has 1 heterocycles. The Morgan fingerprint density at radius 1 is 1.36 bits per heavy atom. The average Bonchev–Trinajstić information content (AvgIpc) is 2.88. The first kappa shape index (κ1) is 14.3. The van der Waals surface area contributed by atoms with Crippen molar-refractivity contribution < 1.29 is 19.1 Å². The largest absolute Gasteiger partial charge is 0.478 e. The van der Waals surface area contributed by atoms with Gasteiger partial charge in [0.1, 0.15) is 5.82 Å². The van der Waals surface area contributed by atoms with Gasteiger partial charge in [-0.15, -0.1) is 0 Å². The molecule has 0 fully saturated rings. The number of halogens is 1. The number of aliphatic carboxylic acids is 1. The molecule has 0 aromatic heterocycles. The predicted molar refractivity (Wildman–Crippen MR) is 80.7 cm³/mol. The molecular formula is C17H14FNO3. The minimum Gasteiger partial charge on any atom is -0.478 e. The van der Waals surface area contributed by atoms with Crippen LogP contribution in [-0.2, 0) is 9.59 Å². The Balaban J connectivity index is 2.07. The summed E-state index contributed by atoms with van der Waals surface area (Å²) in [7, 11) is 0. The van der Waals surface area contributed by atoms with E-state index >= 15 is 0 Å². The lowest BCUT2D eigenvalue weighted by Crippen LogP contribution is -2.04. The summed E-state index contributed by atoms with van der Waals surface area (Å²) in [6.45, 7) is 3.49. The van der Waals surface area contributed by atoms with E-state index in [2.05, 4.69) is 5.32 Å². The fraction of sp³-hybridized carbons (Fsp3) is 0.176. The quantitative estimate of drug-likeness (QED) is 0.824. The molecule has 1 amide bonds. The van der Waals surface area contributed by atoms with Gasteiger partial charge < -0.3 is 10.4 Å². The summed E-state index contributed by atoms with van der Waals surface area (Å²) in [6, 6.07) is 4.12. The van der Waals surface area contributed by atoms with E-state index in [0.29, 0.717) is 34.4 Å². The van der Waals surface area contributed by atoms with E-state index in [1.165, 1.54) is 18.2 Å². The first-order valence-corrected chi connectivity index (χ1v) is 6.84. The fourth-order valence-corrected chi connectivity index (χ4v) is 2.97. The SMILES string of the molecule is CC1=C(C(=O)O)C(C)=C(/C=C2\C(=O)Nc3ccc(F)cc32)C1. The number of allylic oxidation sites excluding steroid dienone is 3. The molecule has 0 spiro atoms. The normalized spacial score (nSPS) is 19.0. The third-order valence-electron chi connectivity index (χ3n) is 4.04. The molecular weight excluding hydrogens is 285 g/mol. The van der Waals surface area contributed by atoms with E-state index in [4.69, 9.17) is 0 Å². The molecule has 2 aliphatic rings. The lowest BCUT2D eigenvalue weighted by molar-refractivity contribution is -0.132. The number of nitrogens with one attached hydrogen (secondary N) is 1. The van der Waals surface area contributed by atoms with Crippen LogP contribution >= 0.6 is 0 Å². The topological polar surface area (TPSA) is 66.4 Å². The van der Waals surface area contributed by atoms with Crippen LogP contribution in [0.1, 0.15) is 25.8 Å². The number of hydrogen-bond donors (Lipinski definition) is 2. The molecule has 3 rings (SSSR count). The molecule has 0 saturated heterocycles. The molecule has 2 N–H and O–H groups in total. The second-order valence-corrected chi connectivity index (χ2v) is 5.49. The van der Waals surface area contributed by atoms with Gasteiger partial charge in [0.2, 0.25) is 0 Å². The molecule has 4 nitrogen and oxygen atoms in total. The summed E-state index contributed by atoms with van der Waals surface area (Å²) in [5, 5.41) is 11.9. The molecule has 1 aliphatic heterocycles. The van der Waals surface area contributed by atoms with E-state index < -0.39 is 11.8 Å². The Hall–Kier alpha value is -2.69. The molecule has 0 atom stereocenters. The standard InChI is InChI=1S/C17H14FNO3/c1-8-5-10(9(2)15(8)17(21)22)6-13-12-7-11(18)3-4-14(12)19-16(13)20/h3-4,6-7H,5H2,1-2H3,(H,19,20)(H,21,22)/b13-6-. The van der Waals surface area contributed by atoms with Gasteiger partial charge in [0.05, 0.1) is 5.57 Å². The predicted octanol–water partition coefficient (Wildman–Crippen LogP) is 3.28. The maximum Gasteiger partial charge on any atom is 0.335 e. The monoisotopic (exact) mass is 299 g/mol. The van der Waals surface area contributed by atoms with Crippen LogP contribution in [0.3, 0.4) is 0 Å². The van der Waals surface area contributed by atoms with Crippen LogP contribution < -0.4 is 5.32 Å². The molecule has 112 valence electrons. The van der Waals surface area contributed by atoms with Crippen molar-refractivity contribution in [3.8, 4) is 0 Å². The van der Waals surface area contributed by atoms with E-state index in [1.807, 2.05) is 0 Å². The van der Waals surface area contributed by atoms with E-state index in [9.17, 15) is 19.1 Å². The molecule has 0 bridgehead atoms. The second-order valence-electron chi connectivity index (χ2n) is 5.49. The zero-order chi connectivity index (χ0) is 16.0. The van der Waals surface area contributed by atoms with Crippen LogP contribution in [0.2, 0.25) is 0 Å². The number of carbonyl (C=O) groups is 2. The van der Waals surface area contributed by atoms with Crippen molar-refractivity contribution in [1.29, 1.82) is 0 Å².